The number of terminal acetylenes is 1. The molecule has 3 aliphatic rings. The van der Waals surface area contributed by atoms with E-state index in [1.165, 1.54) is 18.3 Å². The van der Waals surface area contributed by atoms with Crippen molar-refractivity contribution in [2.24, 2.45) is 0 Å². The van der Waals surface area contributed by atoms with Gasteiger partial charge in [-0.15, -0.1) is 6.42 Å². The molecule has 0 bridgehead atoms. The number of ether oxygens (including phenoxy) is 1. The fourth-order valence-corrected chi connectivity index (χ4v) is 7.87. The van der Waals surface area contributed by atoms with Gasteiger partial charge in [0.05, 0.1) is 16.5 Å². The van der Waals surface area contributed by atoms with Gasteiger partial charge in [-0.05, 0) is 88.2 Å². The van der Waals surface area contributed by atoms with Gasteiger partial charge in [-0.3, -0.25) is 14.7 Å². The second-order valence-electron chi connectivity index (χ2n) is 13.6. The van der Waals surface area contributed by atoms with E-state index in [2.05, 4.69) is 32.7 Å². The van der Waals surface area contributed by atoms with E-state index >= 15 is 4.39 Å². The first-order chi connectivity index (χ1) is 23.1. The van der Waals surface area contributed by atoms with Crippen LogP contribution in [0.2, 0.25) is 0 Å². The van der Waals surface area contributed by atoms with Crippen molar-refractivity contribution >= 4 is 33.4 Å². The third-order valence-corrected chi connectivity index (χ3v) is 10.2. The molecular formula is C37H39FN6O4. The Bertz CT molecular complexity index is 1960. The van der Waals surface area contributed by atoms with E-state index in [1.807, 2.05) is 4.90 Å². The molecule has 3 aliphatic heterocycles. The lowest BCUT2D eigenvalue weighted by Gasteiger charge is -2.31. The molecule has 5 heterocycles. The highest BCUT2D eigenvalue weighted by atomic mass is 19.1. The summed E-state index contributed by atoms with van der Waals surface area (Å²) in [7, 11) is 0. The van der Waals surface area contributed by atoms with Crippen molar-refractivity contribution in [1.29, 1.82) is 0 Å². The standard InChI is InChI=1S/C37H39FN6O4/c1-4-23-9-6-10-24-17-26(45)18-27(30(23)24)32-31(38)33-28(20-39-32)34(43-16-13-36(3,47)19-25(21-43)40-29(46)5-2)42-35(41-33)48-22-37-11-7-14-44(37)15-8-12-37/h1,5-6,9-10,17-18,20,25,45,47H,2,7-8,11-16,19,21-22H2,3H3,(H,40,46)/t25-,36-/m1/s1. The number of halogens is 1. The van der Waals surface area contributed by atoms with Crippen LogP contribution in [0.15, 0.2) is 49.2 Å². The van der Waals surface area contributed by atoms with Crippen LogP contribution in [-0.2, 0) is 4.79 Å². The van der Waals surface area contributed by atoms with Crippen LogP contribution in [0, 0.1) is 18.2 Å². The Morgan fingerprint density at radius 3 is 2.77 bits per heavy atom. The van der Waals surface area contributed by atoms with Gasteiger partial charge in [0.15, 0.2) is 5.82 Å². The molecule has 48 heavy (non-hydrogen) atoms. The molecule has 0 saturated carbocycles. The van der Waals surface area contributed by atoms with Gasteiger partial charge in [-0.25, -0.2) is 4.39 Å². The molecule has 3 saturated heterocycles. The third-order valence-electron chi connectivity index (χ3n) is 10.2. The molecule has 248 valence electrons. The molecule has 2 aromatic heterocycles. The number of carbonyl (C=O) groups excluding carboxylic acids is 1. The van der Waals surface area contributed by atoms with Gasteiger partial charge in [0, 0.05) is 41.8 Å². The number of nitrogens with zero attached hydrogens (tertiary/aromatic N) is 5. The molecule has 1 amide bonds. The number of pyridine rings is 1. The van der Waals surface area contributed by atoms with Gasteiger partial charge in [-0.2, -0.15) is 9.97 Å². The largest absolute Gasteiger partial charge is 0.508 e. The smallest absolute Gasteiger partial charge is 0.319 e. The van der Waals surface area contributed by atoms with E-state index < -0.39 is 17.5 Å². The zero-order chi connectivity index (χ0) is 33.6. The number of aromatic hydroxyl groups is 1. The van der Waals surface area contributed by atoms with Crippen LogP contribution in [0.4, 0.5) is 10.2 Å². The Labute approximate surface area is 278 Å². The van der Waals surface area contributed by atoms with Crippen LogP contribution in [0.5, 0.6) is 11.8 Å². The number of hydrogen-bond acceptors (Lipinski definition) is 9. The van der Waals surface area contributed by atoms with Crippen molar-refractivity contribution in [2.75, 3.05) is 37.7 Å². The number of aromatic nitrogens is 3. The Balaban J connectivity index is 1.37. The van der Waals surface area contributed by atoms with Gasteiger partial charge in [-0.1, -0.05) is 24.6 Å². The summed E-state index contributed by atoms with van der Waals surface area (Å²) in [6.45, 7) is 8.41. The number of aliphatic hydroxyl groups is 1. The third kappa shape index (κ3) is 5.80. The first kappa shape index (κ1) is 31.8. The van der Waals surface area contributed by atoms with Crippen molar-refractivity contribution in [2.45, 2.75) is 62.6 Å². The molecule has 2 atom stereocenters. The maximum atomic E-state index is 17.0. The van der Waals surface area contributed by atoms with Crippen LogP contribution in [-0.4, -0.2) is 85.9 Å². The van der Waals surface area contributed by atoms with Gasteiger partial charge in [0.25, 0.3) is 0 Å². The fourth-order valence-electron chi connectivity index (χ4n) is 7.87. The number of anilines is 1. The van der Waals surface area contributed by atoms with Crippen molar-refractivity contribution < 1.29 is 24.1 Å². The lowest BCUT2D eigenvalue weighted by Crippen LogP contribution is -2.44. The number of rotatable bonds is 7. The summed E-state index contributed by atoms with van der Waals surface area (Å²) in [6.07, 6.45) is 13.5. The molecule has 4 aromatic rings. The second-order valence-corrected chi connectivity index (χ2v) is 13.6. The summed E-state index contributed by atoms with van der Waals surface area (Å²) in [5.41, 5.74) is -0.292. The average molecular weight is 651 g/mol. The van der Waals surface area contributed by atoms with Crippen LogP contribution in [0.25, 0.3) is 32.9 Å². The lowest BCUT2D eigenvalue weighted by molar-refractivity contribution is -0.117. The molecule has 0 radical (unpaired) electrons. The number of amides is 1. The zero-order valence-electron chi connectivity index (χ0n) is 27.0. The molecule has 11 heteroatoms. The van der Waals surface area contributed by atoms with Gasteiger partial charge < -0.3 is 25.2 Å². The Morgan fingerprint density at radius 1 is 1.23 bits per heavy atom. The number of benzene rings is 2. The number of phenols is 1. The topological polar surface area (TPSA) is 124 Å². The lowest BCUT2D eigenvalue weighted by atomic mass is 9.95. The fraction of sp³-hybridized carbons (Fsp3) is 0.405. The number of phenolic OH excluding ortho intramolecular Hbond substituents is 1. The van der Waals surface area contributed by atoms with E-state index in [0.29, 0.717) is 65.6 Å². The first-order valence-corrected chi connectivity index (χ1v) is 16.5. The van der Waals surface area contributed by atoms with Crippen molar-refractivity contribution in [3.05, 3.63) is 60.6 Å². The summed E-state index contributed by atoms with van der Waals surface area (Å²) in [6, 6.07) is 7.98. The van der Waals surface area contributed by atoms with Crippen LogP contribution >= 0.6 is 0 Å². The van der Waals surface area contributed by atoms with E-state index in [-0.39, 0.29) is 34.4 Å². The molecular weight excluding hydrogens is 611 g/mol. The average Bonchev–Trinajstić information content (AvgIpc) is 3.61. The normalized spacial score (nSPS) is 22.3. The summed E-state index contributed by atoms with van der Waals surface area (Å²) in [4.78, 5) is 30.8. The van der Waals surface area contributed by atoms with Crippen molar-refractivity contribution in [3.8, 4) is 35.4 Å². The minimum absolute atomic E-state index is 0.00423. The van der Waals surface area contributed by atoms with E-state index in [1.54, 1.807) is 31.2 Å². The SMILES string of the molecule is C#Cc1cccc2cc(O)cc(-c3ncc4c(N5CC[C@@](C)(O)C[C@@H](NC(=O)C=C)C5)nc(OCC56CCCN5CCC6)nc4c3F)c12. The number of hydrogen-bond donors (Lipinski definition) is 3. The predicted octanol–water partition coefficient (Wildman–Crippen LogP) is 4.70. The van der Waals surface area contributed by atoms with Crippen LogP contribution in [0.3, 0.4) is 0 Å². The Kier molecular flexibility index (Phi) is 8.17. The molecule has 7 rings (SSSR count). The highest BCUT2D eigenvalue weighted by Gasteiger charge is 2.45. The summed E-state index contributed by atoms with van der Waals surface area (Å²) in [5.74, 6) is 1.94. The van der Waals surface area contributed by atoms with E-state index in [4.69, 9.17) is 16.1 Å². The maximum Gasteiger partial charge on any atom is 0.319 e. The monoisotopic (exact) mass is 650 g/mol. The summed E-state index contributed by atoms with van der Waals surface area (Å²) in [5, 5.41) is 26.2. The van der Waals surface area contributed by atoms with Crippen molar-refractivity contribution in [3.63, 3.8) is 0 Å². The minimum Gasteiger partial charge on any atom is -0.508 e. The van der Waals surface area contributed by atoms with E-state index in [0.717, 1.165) is 38.8 Å². The molecule has 0 spiro atoms. The highest BCUT2D eigenvalue weighted by molar-refractivity contribution is 6.02. The molecule has 3 N–H and O–H groups in total. The predicted molar refractivity (Wildman–Crippen MR) is 182 cm³/mol. The maximum absolute atomic E-state index is 17.0. The molecule has 10 nitrogen and oxygen atoms in total. The summed E-state index contributed by atoms with van der Waals surface area (Å²) < 4.78 is 23.3. The van der Waals surface area contributed by atoms with Crippen LogP contribution < -0.4 is 15.0 Å². The molecule has 3 fully saturated rings. The highest BCUT2D eigenvalue weighted by Crippen LogP contribution is 2.41. The number of fused-ring (bicyclic) bond motifs is 3. The second kappa shape index (κ2) is 12.3. The Morgan fingerprint density at radius 2 is 2.02 bits per heavy atom. The van der Waals surface area contributed by atoms with Crippen molar-refractivity contribution in [1.82, 2.24) is 25.2 Å². The van der Waals surface area contributed by atoms with Gasteiger partial charge in [0.2, 0.25) is 5.91 Å². The minimum atomic E-state index is -1.06. The van der Waals surface area contributed by atoms with Gasteiger partial charge in [0.1, 0.15) is 29.4 Å². The zero-order valence-corrected chi connectivity index (χ0v) is 27.0. The number of carbonyl (C=O) groups is 1. The first-order valence-electron chi connectivity index (χ1n) is 16.5. The summed E-state index contributed by atoms with van der Waals surface area (Å²) >= 11 is 0. The van der Waals surface area contributed by atoms with Crippen LogP contribution in [0.1, 0.15) is 51.0 Å². The molecule has 0 aliphatic carbocycles. The van der Waals surface area contributed by atoms with Gasteiger partial charge >= 0.3 is 6.01 Å². The quantitative estimate of drug-likeness (QED) is 0.193. The number of nitrogens with one attached hydrogen (secondary N) is 1. The Hall–Kier alpha value is -4.79. The molecule has 0 unspecified atom stereocenters. The molecule has 2 aromatic carbocycles. The van der Waals surface area contributed by atoms with E-state index in [9.17, 15) is 15.0 Å².